The van der Waals surface area contributed by atoms with E-state index in [1.807, 2.05) is 43.3 Å². The number of carbonyl (C=O) groups is 1. The second kappa shape index (κ2) is 5.64. The second-order valence-corrected chi connectivity index (χ2v) is 4.96. The third-order valence-electron chi connectivity index (χ3n) is 2.83. The smallest absolute Gasteiger partial charge is 0.343 e. The second-order valence-electron chi connectivity index (χ2n) is 4.25. The van der Waals surface area contributed by atoms with Gasteiger partial charge in [-0.05, 0) is 37.2 Å². The van der Waals surface area contributed by atoms with Gasteiger partial charge in [-0.15, -0.1) is 0 Å². The highest BCUT2D eigenvalue weighted by Gasteiger charge is 2.07. The van der Waals surface area contributed by atoms with Gasteiger partial charge in [-0.25, -0.2) is 4.79 Å². The minimum absolute atomic E-state index is 0.307. The first-order valence-electron chi connectivity index (χ1n) is 6.07. The van der Waals surface area contributed by atoms with E-state index in [9.17, 15) is 4.79 Å². The molecule has 0 aliphatic rings. The van der Waals surface area contributed by atoms with Crippen molar-refractivity contribution in [3.63, 3.8) is 0 Å². The zero-order chi connectivity index (χ0) is 13.0. The molecule has 3 heteroatoms. The maximum absolute atomic E-state index is 11.9. The van der Waals surface area contributed by atoms with Crippen molar-refractivity contribution in [2.75, 3.05) is 0 Å². The molecule has 0 saturated heterocycles. The van der Waals surface area contributed by atoms with Crippen LogP contribution in [0.5, 0.6) is 5.75 Å². The van der Waals surface area contributed by atoms with Crippen LogP contribution in [0.4, 0.5) is 0 Å². The monoisotopic (exact) mass is 256 g/mol. The highest BCUT2D eigenvalue weighted by molar-refractivity contribution is 6.08. The summed E-state index contributed by atoms with van der Waals surface area (Å²) >= 11 is 0. The summed E-state index contributed by atoms with van der Waals surface area (Å²) in [6.45, 7) is 2.00. The Morgan fingerprint density at radius 2 is 1.67 bits per heavy atom. The zero-order valence-electron chi connectivity index (χ0n) is 10.6. The minimum Gasteiger partial charge on any atom is -0.423 e. The van der Waals surface area contributed by atoms with E-state index in [-0.39, 0.29) is 5.97 Å². The molecule has 0 aliphatic heterocycles. The van der Waals surface area contributed by atoms with Gasteiger partial charge in [0.15, 0.2) is 0 Å². The number of ether oxygens (including phenoxy) is 1. The molecule has 92 valence electrons. The fraction of sp³-hybridized carbons (Fsp3) is 0.133. The molecule has 0 unspecified atom stereocenters. The predicted octanol–water partition coefficient (Wildman–Crippen LogP) is 2.08. The topological polar surface area (TPSA) is 26.3 Å². The van der Waals surface area contributed by atoms with E-state index >= 15 is 0 Å². The van der Waals surface area contributed by atoms with Gasteiger partial charge in [-0.1, -0.05) is 35.4 Å². The molecule has 0 atom stereocenters. The molecule has 0 amide bonds. The SMILES string of the molecule is Cc1ccc(OC(=O)c2ccc(C[SiH3])cc2)cc1. The van der Waals surface area contributed by atoms with Crippen LogP contribution in [-0.4, -0.2) is 16.2 Å². The van der Waals surface area contributed by atoms with Crippen LogP contribution in [-0.2, 0) is 6.04 Å². The average molecular weight is 256 g/mol. The first-order chi connectivity index (χ1) is 8.69. The Morgan fingerprint density at radius 1 is 1.06 bits per heavy atom. The Morgan fingerprint density at radius 3 is 2.22 bits per heavy atom. The molecule has 0 heterocycles. The molecular weight excluding hydrogens is 240 g/mol. The van der Waals surface area contributed by atoms with Crippen molar-refractivity contribution in [3.8, 4) is 5.75 Å². The summed E-state index contributed by atoms with van der Waals surface area (Å²) in [4.78, 5) is 11.9. The number of aryl methyl sites for hydroxylation is 1. The van der Waals surface area contributed by atoms with Gasteiger partial charge in [0.05, 0.1) is 5.56 Å². The van der Waals surface area contributed by atoms with Crippen LogP contribution < -0.4 is 4.74 Å². The van der Waals surface area contributed by atoms with Gasteiger partial charge < -0.3 is 4.74 Å². The first-order valence-corrected chi connectivity index (χ1v) is 7.48. The van der Waals surface area contributed by atoms with Crippen molar-refractivity contribution in [2.45, 2.75) is 13.0 Å². The predicted molar refractivity (Wildman–Crippen MR) is 76.2 cm³/mol. The average Bonchev–Trinajstić information content (AvgIpc) is 2.41. The highest BCUT2D eigenvalue weighted by atomic mass is 28.1. The fourth-order valence-corrected chi connectivity index (χ4v) is 2.12. The summed E-state index contributed by atoms with van der Waals surface area (Å²) in [6.07, 6.45) is 0. The van der Waals surface area contributed by atoms with Gasteiger partial charge in [0.2, 0.25) is 0 Å². The van der Waals surface area contributed by atoms with Crippen LogP contribution in [0.3, 0.4) is 0 Å². The highest BCUT2D eigenvalue weighted by Crippen LogP contribution is 2.14. The summed E-state index contributed by atoms with van der Waals surface area (Å²) in [7, 11) is 1.13. The number of benzene rings is 2. The van der Waals surface area contributed by atoms with E-state index in [4.69, 9.17) is 4.74 Å². The molecule has 0 saturated carbocycles. The Kier molecular flexibility index (Phi) is 3.94. The van der Waals surface area contributed by atoms with E-state index in [1.165, 1.54) is 5.56 Å². The molecule has 2 aromatic carbocycles. The lowest BCUT2D eigenvalue weighted by Crippen LogP contribution is -2.08. The van der Waals surface area contributed by atoms with Gasteiger partial charge in [-0.2, -0.15) is 0 Å². The lowest BCUT2D eigenvalue weighted by molar-refractivity contribution is 0.0735. The van der Waals surface area contributed by atoms with E-state index in [0.29, 0.717) is 11.3 Å². The maximum atomic E-state index is 11.9. The Bertz CT molecular complexity index is 529. The molecule has 0 fully saturated rings. The van der Waals surface area contributed by atoms with Crippen molar-refractivity contribution in [1.82, 2.24) is 0 Å². The lowest BCUT2D eigenvalue weighted by Gasteiger charge is -2.05. The largest absolute Gasteiger partial charge is 0.423 e. The van der Waals surface area contributed by atoms with Crippen molar-refractivity contribution in [2.24, 2.45) is 0 Å². The summed E-state index contributed by atoms with van der Waals surface area (Å²) in [5.74, 6) is 0.274. The van der Waals surface area contributed by atoms with Crippen molar-refractivity contribution in [1.29, 1.82) is 0 Å². The molecule has 18 heavy (non-hydrogen) atoms. The molecule has 2 aromatic rings. The van der Waals surface area contributed by atoms with Gasteiger partial charge in [0.1, 0.15) is 5.75 Å². The van der Waals surface area contributed by atoms with Crippen molar-refractivity contribution < 1.29 is 9.53 Å². The van der Waals surface area contributed by atoms with Crippen LogP contribution in [0.15, 0.2) is 48.5 Å². The standard InChI is InChI=1S/C15H16O2Si/c1-11-2-8-14(9-3-11)17-15(16)13-6-4-12(10-18)5-7-13/h2-9H,10H2,1,18H3. The molecule has 0 bridgehead atoms. The fourth-order valence-electron chi connectivity index (χ4n) is 1.65. The van der Waals surface area contributed by atoms with Gasteiger partial charge in [0.25, 0.3) is 0 Å². The van der Waals surface area contributed by atoms with E-state index in [1.54, 1.807) is 12.1 Å². The number of carbonyl (C=O) groups excluding carboxylic acids is 1. The molecule has 0 aromatic heterocycles. The minimum atomic E-state index is -0.307. The molecular formula is C15H16O2Si. The van der Waals surface area contributed by atoms with E-state index in [2.05, 4.69) is 0 Å². The van der Waals surface area contributed by atoms with E-state index < -0.39 is 0 Å². The number of esters is 1. The van der Waals surface area contributed by atoms with Crippen LogP contribution in [0.25, 0.3) is 0 Å². The van der Waals surface area contributed by atoms with Gasteiger partial charge >= 0.3 is 5.97 Å². The number of rotatable bonds is 3. The summed E-state index contributed by atoms with van der Waals surface area (Å²) in [6, 6.07) is 16.2. The van der Waals surface area contributed by atoms with Crippen molar-refractivity contribution >= 4 is 16.2 Å². The molecule has 2 rings (SSSR count). The normalized spacial score (nSPS) is 10.3. The lowest BCUT2D eigenvalue weighted by atomic mass is 10.1. The summed E-state index contributed by atoms with van der Waals surface area (Å²) in [5, 5.41) is 0. The maximum Gasteiger partial charge on any atom is 0.343 e. The third-order valence-corrected chi connectivity index (χ3v) is 3.65. The Balaban J connectivity index is 2.09. The molecule has 0 spiro atoms. The Hall–Kier alpha value is -1.87. The van der Waals surface area contributed by atoms with Crippen LogP contribution in [0.2, 0.25) is 0 Å². The van der Waals surface area contributed by atoms with Crippen LogP contribution in [0, 0.1) is 6.92 Å². The quantitative estimate of drug-likeness (QED) is 0.477. The van der Waals surface area contributed by atoms with E-state index in [0.717, 1.165) is 21.9 Å². The first kappa shape index (κ1) is 12.6. The molecule has 2 nitrogen and oxygen atoms in total. The van der Waals surface area contributed by atoms with Crippen molar-refractivity contribution in [3.05, 3.63) is 65.2 Å². The summed E-state index contributed by atoms with van der Waals surface area (Å²) in [5.41, 5.74) is 3.01. The van der Waals surface area contributed by atoms with Crippen LogP contribution >= 0.6 is 0 Å². The molecule has 0 N–H and O–H groups in total. The third kappa shape index (κ3) is 3.08. The summed E-state index contributed by atoms with van der Waals surface area (Å²) < 4.78 is 5.30. The zero-order valence-corrected chi connectivity index (χ0v) is 12.6. The Labute approximate surface area is 110 Å². The van der Waals surface area contributed by atoms with Gasteiger partial charge in [-0.3, -0.25) is 0 Å². The van der Waals surface area contributed by atoms with Gasteiger partial charge in [0, 0.05) is 10.2 Å². The molecule has 0 radical (unpaired) electrons. The number of hydrogen-bond acceptors (Lipinski definition) is 2. The molecule has 0 aliphatic carbocycles. The van der Waals surface area contributed by atoms with Crippen LogP contribution in [0.1, 0.15) is 21.5 Å². The number of hydrogen-bond donors (Lipinski definition) is 0.